The van der Waals surface area contributed by atoms with Crippen LogP contribution in [0.3, 0.4) is 0 Å². The zero-order valence-electron chi connectivity index (χ0n) is 8.01. The lowest BCUT2D eigenvalue weighted by atomic mass is 9.88. The van der Waals surface area contributed by atoms with Gasteiger partial charge in [0.05, 0.1) is 16.6 Å². The lowest BCUT2D eigenvalue weighted by Crippen LogP contribution is -2.63. The Hall–Kier alpha value is -0.0100. The monoisotopic (exact) mass is 222 g/mol. The first-order chi connectivity index (χ1) is 6.31. The average molecular weight is 222 g/mol. The van der Waals surface area contributed by atoms with Crippen molar-refractivity contribution in [1.82, 2.24) is 0 Å². The molecule has 6 unspecified atom stereocenters. The molecule has 2 rings (SSSR count). The summed E-state index contributed by atoms with van der Waals surface area (Å²) in [5, 5.41) is 28.9. The van der Waals surface area contributed by atoms with Crippen molar-refractivity contribution < 1.29 is 24.3 Å². The summed E-state index contributed by atoms with van der Waals surface area (Å²) in [5.74, 6) is 0.138. The number of ether oxygens (including phenoxy) is 1. The van der Waals surface area contributed by atoms with Crippen molar-refractivity contribution in [1.29, 1.82) is 0 Å². The fourth-order valence-electron chi connectivity index (χ4n) is 2.13. The fourth-order valence-corrected chi connectivity index (χ4v) is 3.86. The minimum absolute atomic E-state index is 0.138. The number of rotatable bonds is 0. The lowest BCUT2D eigenvalue weighted by Gasteiger charge is -2.44. The smallest absolute Gasteiger partial charge is 0.169 e. The lowest BCUT2D eigenvalue weighted by molar-refractivity contribution is -0.252. The SMILES string of the molecule is CC12CS(=O)C(C)(O1)C(O)C(O)C2O. The molecule has 3 N–H and O–H groups in total. The molecule has 0 amide bonds. The van der Waals surface area contributed by atoms with E-state index in [1.54, 1.807) is 6.92 Å². The minimum atomic E-state index is -1.40. The number of fused-ring (bicyclic) bond motifs is 2. The van der Waals surface area contributed by atoms with E-state index in [2.05, 4.69) is 0 Å². The highest BCUT2D eigenvalue weighted by Gasteiger charge is 2.65. The molecule has 5 nitrogen and oxygen atoms in total. The molecule has 2 heterocycles. The quantitative estimate of drug-likeness (QED) is 0.456. The topological polar surface area (TPSA) is 87.0 Å². The van der Waals surface area contributed by atoms with E-state index in [1.165, 1.54) is 6.92 Å². The summed E-state index contributed by atoms with van der Waals surface area (Å²) in [5.41, 5.74) is -1.02. The summed E-state index contributed by atoms with van der Waals surface area (Å²) in [6, 6.07) is 0. The first-order valence-corrected chi connectivity index (χ1v) is 5.76. The maximum atomic E-state index is 11.7. The van der Waals surface area contributed by atoms with Crippen molar-refractivity contribution in [3.63, 3.8) is 0 Å². The van der Waals surface area contributed by atoms with E-state index in [4.69, 9.17) is 4.74 Å². The molecule has 0 aromatic carbocycles. The van der Waals surface area contributed by atoms with Crippen molar-refractivity contribution in [2.75, 3.05) is 5.75 Å². The highest BCUT2D eigenvalue weighted by Crippen LogP contribution is 2.45. The molecule has 0 aromatic rings. The summed E-state index contributed by atoms with van der Waals surface area (Å²) < 4.78 is 17.1. The van der Waals surface area contributed by atoms with Gasteiger partial charge < -0.3 is 20.1 Å². The van der Waals surface area contributed by atoms with Gasteiger partial charge in [0.25, 0.3) is 0 Å². The van der Waals surface area contributed by atoms with Crippen molar-refractivity contribution in [3.05, 3.63) is 0 Å². The molecule has 0 saturated carbocycles. The summed E-state index contributed by atoms with van der Waals surface area (Å²) in [6.45, 7) is 3.09. The van der Waals surface area contributed by atoms with E-state index in [0.717, 1.165) is 0 Å². The molecule has 14 heavy (non-hydrogen) atoms. The van der Waals surface area contributed by atoms with Gasteiger partial charge in [0.2, 0.25) is 0 Å². The molecule has 0 spiro atoms. The molecule has 2 fully saturated rings. The maximum absolute atomic E-state index is 11.7. The molecule has 0 radical (unpaired) electrons. The van der Waals surface area contributed by atoms with Crippen LogP contribution >= 0.6 is 0 Å². The van der Waals surface area contributed by atoms with Gasteiger partial charge in [0.1, 0.15) is 23.9 Å². The fraction of sp³-hybridized carbons (Fsp3) is 1.00. The molecule has 0 aliphatic carbocycles. The number of aliphatic hydroxyl groups is 3. The van der Waals surface area contributed by atoms with Gasteiger partial charge in [0, 0.05) is 0 Å². The van der Waals surface area contributed by atoms with E-state index in [1.807, 2.05) is 0 Å². The van der Waals surface area contributed by atoms with E-state index < -0.39 is 39.6 Å². The van der Waals surface area contributed by atoms with Gasteiger partial charge in [-0.3, -0.25) is 4.21 Å². The third kappa shape index (κ3) is 1.06. The van der Waals surface area contributed by atoms with Gasteiger partial charge >= 0.3 is 0 Å². The van der Waals surface area contributed by atoms with Crippen LogP contribution in [-0.2, 0) is 15.5 Å². The Bertz CT molecular complexity index is 295. The van der Waals surface area contributed by atoms with Gasteiger partial charge in [-0.25, -0.2) is 0 Å². The van der Waals surface area contributed by atoms with Crippen LogP contribution in [0.25, 0.3) is 0 Å². The summed E-state index contributed by atoms with van der Waals surface area (Å²) in [6.07, 6.45) is -3.81. The number of hydrogen-bond acceptors (Lipinski definition) is 5. The molecule has 2 aliphatic heterocycles. The van der Waals surface area contributed by atoms with Crippen LogP contribution < -0.4 is 0 Å². The molecule has 6 atom stereocenters. The third-order valence-electron chi connectivity index (χ3n) is 3.12. The second-order valence-corrected chi connectivity index (χ2v) is 6.09. The molecule has 2 saturated heterocycles. The summed E-state index contributed by atoms with van der Waals surface area (Å²) in [4.78, 5) is -1.26. The molecule has 2 aliphatic rings. The predicted molar refractivity (Wildman–Crippen MR) is 48.9 cm³/mol. The van der Waals surface area contributed by atoms with Crippen molar-refractivity contribution >= 4 is 10.8 Å². The Balaban J connectivity index is 2.45. The standard InChI is InChI=1S/C8H14O5S/c1-7-3-14(12)8(2,13-7)6(11)4(9)5(7)10/h4-6,9-11H,3H2,1-2H3. The second-order valence-electron chi connectivity index (χ2n) is 4.30. The normalized spacial score (nSPS) is 62.9. The Morgan fingerprint density at radius 2 is 1.86 bits per heavy atom. The Kier molecular flexibility index (Phi) is 2.07. The Morgan fingerprint density at radius 3 is 2.43 bits per heavy atom. The van der Waals surface area contributed by atoms with Gasteiger partial charge in [0.15, 0.2) is 4.93 Å². The largest absolute Gasteiger partial charge is 0.387 e. The zero-order valence-corrected chi connectivity index (χ0v) is 8.82. The van der Waals surface area contributed by atoms with Crippen molar-refractivity contribution in [2.45, 2.75) is 42.7 Å². The highest BCUT2D eigenvalue weighted by atomic mass is 32.2. The van der Waals surface area contributed by atoms with Crippen LogP contribution in [0, 0.1) is 0 Å². The van der Waals surface area contributed by atoms with E-state index in [-0.39, 0.29) is 5.75 Å². The first-order valence-electron chi connectivity index (χ1n) is 4.44. The summed E-state index contributed by atoms with van der Waals surface area (Å²) in [7, 11) is -1.40. The van der Waals surface area contributed by atoms with Crippen molar-refractivity contribution in [2.24, 2.45) is 0 Å². The van der Waals surface area contributed by atoms with E-state index in [9.17, 15) is 19.5 Å². The Morgan fingerprint density at radius 1 is 1.29 bits per heavy atom. The van der Waals surface area contributed by atoms with Gasteiger partial charge in [-0.1, -0.05) is 0 Å². The van der Waals surface area contributed by atoms with Gasteiger partial charge in [-0.05, 0) is 13.8 Å². The van der Waals surface area contributed by atoms with Crippen LogP contribution in [0.1, 0.15) is 13.8 Å². The number of hydrogen-bond donors (Lipinski definition) is 3. The van der Waals surface area contributed by atoms with Crippen LogP contribution in [0.4, 0.5) is 0 Å². The van der Waals surface area contributed by atoms with E-state index >= 15 is 0 Å². The van der Waals surface area contributed by atoms with Crippen LogP contribution in [0.15, 0.2) is 0 Å². The van der Waals surface area contributed by atoms with Crippen LogP contribution in [0.2, 0.25) is 0 Å². The molecular formula is C8H14O5S. The zero-order chi connectivity index (χ0) is 10.7. The van der Waals surface area contributed by atoms with Crippen LogP contribution in [0.5, 0.6) is 0 Å². The molecule has 0 aromatic heterocycles. The molecule has 2 bridgehead atoms. The van der Waals surface area contributed by atoms with E-state index in [0.29, 0.717) is 0 Å². The van der Waals surface area contributed by atoms with Gasteiger partial charge in [-0.2, -0.15) is 0 Å². The van der Waals surface area contributed by atoms with Gasteiger partial charge in [-0.15, -0.1) is 0 Å². The van der Waals surface area contributed by atoms with Crippen LogP contribution in [-0.4, -0.2) is 54.1 Å². The first kappa shape index (κ1) is 10.5. The number of aliphatic hydroxyl groups excluding tert-OH is 3. The highest BCUT2D eigenvalue weighted by molar-refractivity contribution is 7.86. The molecular weight excluding hydrogens is 208 g/mol. The summed E-state index contributed by atoms with van der Waals surface area (Å²) >= 11 is 0. The average Bonchev–Trinajstić information content (AvgIpc) is 2.33. The molecule has 6 heteroatoms. The Labute approximate surface area is 84.2 Å². The predicted octanol–water partition coefficient (Wildman–Crippen LogP) is -1.66. The van der Waals surface area contributed by atoms with Crippen molar-refractivity contribution in [3.8, 4) is 0 Å². The maximum Gasteiger partial charge on any atom is 0.169 e. The third-order valence-corrected chi connectivity index (χ3v) is 5.18. The molecule has 82 valence electrons. The minimum Gasteiger partial charge on any atom is -0.387 e. The second kappa shape index (κ2) is 2.76.